The van der Waals surface area contributed by atoms with Gasteiger partial charge < -0.3 is 4.74 Å². The van der Waals surface area contributed by atoms with E-state index in [0.717, 1.165) is 30.1 Å². The highest BCUT2D eigenvalue weighted by atomic mass is 16.5. The number of ether oxygens (including phenoxy) is 1. The zero-order valence-corrected chi connectivity index (χ0v) is 17.2. The van der Waals surface area contributed by atoms with Gasteiger partial charge in [0, 0.05) is 0 Å². The van der Waals surface area contributed by atoms with Gasteiger partial charge in [0.1, 0.15) is 0 Å². The fourth-order valence-corrected chi connectivity index (χ4v) is 5.14. The molecule has 0 unspecified atom stereocenters. The van der Waals surface area contributed by atoms with E-state index in [1.807, 2.05) is 0 Å². The molecule has 3 rings (SSSR count). The number of allylic oxidation sites excluding steroid dienone is 2. The second-order valence-electron chi connectivity index (χ2n) is 8.66. The van der Waals surface area contributed by atoms with Crippen LogP contribution in [0.25, 0.3) is 0 Å². The highest BCUT2D eigenvalue weighted by Crippen LogP contribution is 2.44. The van der Waals surface area contributed by atoms with Gasteiger partial charge in [-0.25, -0.2) is 0 Å². The van der Waals surface area contributed by atoms with Crippen molar-refractivity contribution in [3.05, 3.63) is 60.2 Å². The molecule has 2 saturated carbocycles. The number of hydrogen-bond acceptors (Lipinski definition) is 1. The van der Waals surface area contributed by atoms with Crippen LogP contribution in [0.3, 0.4) is 0 Å². The summed E-state index contributed by atoms with van der Waals surface area (Å²) >= 11 is 0. The van der Waals surface area contributed by atoms with Crippen LogP contribution in [0, 0.1) is 17.8 Å². The summed E-state index contributed by atoms with van der Waals surface area (Å²) in [6.45, 7) is 7.57. The molecule has 27 heavy (non-hydrogen) atoms. The van der Waals surface area contributed by atoms with Gasteiger partial charge in [-0.3, -0.25) is 0 Å². The molecule has 1 nitrogen and oxygen atoms in total. The molecule has 0 aliphatic heterocycles. The van der Waals surface area contributed by atoms with Crippen LogP contribution in [-0.4, -0.2) is 6.61 Å². The second kappa shape index (κ2) is 10.9. The van der Waals surface area contributed by atoms with E-state index in [1.54, 1.807) is 5.56 Å². The summed E-state index contributed by atoms with van der Waals surface area (Å²) < 4.78 is 5.71. The van der Waals surface area contributed by atoms with Gasteiger partial charge in [-0.05, 0) is 92.6 Å². The van der Waals surface area contributed by atoms with Crippen LogP contribution in [0.4, 0.5) is 0 Å². The van der Waals surface area contributed by atoms with Gasteiger partial charge in [0.2, 0.25) is 0 Å². The van der Waals surface area contributed by atoms with Crippen molar-refractivity contribution in [1.29, 1.82) is 0 Å². The van der Waals surface area contributed by atoms with E-state index in [0.29, 0.717) is 13.2 Å². The van der Waals surface area contributed by atoms with Gasteiger partial charge in [-0.15, -0.1) is 6.58 Å². The lowest BCUT2D eigenvalue weighted by molar-refractivity contribution is 0.148. The van der Waals surface area contributed by atoms with Gasteiger partial charge in [0.25, 0.3) is 0 Å². The molecular formula is C26H38O. The van der Waals surface area contributed by atoms with E-state index < -0.39 is 0 Å². The van der Waals surface area contributed by atoms with Crippen LogP contribution in [0.5, 0.6) is 0 Å². The number of hydrogen-bond donors (Lipinski definition) is 0. The Morgan fingerprint density at radius 1 is 0.889 bits per heavy atom. The number of benzene rings is 1. The quantitative estimate of drug-likeness (QED) is 0.343. The third-order valence-corrected chi connectivity index (χ3v) is 6.92. The first kappa shape index (κ1) is 20.4. The van der Waals surface area contributed by atoms with Gasteiger partial charge in [0.05, 0.1) is 13.2 Å². The average Bonchev–Trinajstić information content (AvgIpc) is 2.74. The second-order valence-corrected chi connectivity index (χ2v) is 8.66. The summed E-state index contributed by atoms with van der Waals surface area (Å²) in [6.07, 6.45) is 18.8. The molecule has 0 bridgehead atoms. The first-order valence-electron chi connectivity index (χ1n) is 11.2. The molecule has 2 aliphatic rings. The zero-order chi connectivity index (χ0) is 18.9. The maximum absolute atomic E-state index is 5.71. The summed E-state index contributed by atoms with van der Waals surface area (Å²) in [4.78, 5) is 0. The Morgan fingerprint density at radius 3 is 2.11 bits per heavy atom. The molecule has 0 N–H and O–H groups in total. The molecule has 0 heterocycles. The first-order valence-corrected chi connectivity index (χ1v) is 11.2. The molecule has 0 spiro atoms. The molecular weight excluding hydrogens is 328 g/mol. The first-order chi connectivity index (χ1) is 13.3. The van der Waals surface area contributed by atoms with Crippen molar-refractivity contribution in [3.63, 3.8) is 0 Å². The third kappa shape index (κ3) is 6.07. The van der Waals surface area contributed by atoms with Gasteiger partial charge >= 0.3 is 0 Å². The molecule has 0 amide bonds. The average molecular weight is 367 g/mol. The van der Waals surface area contributed by atoms with Crippen molar-refractivity contribution in [3.8, 4) is 0 Å². The normalized spacial score (nSPS) is 29.1. The molecule has 0 atom stereocenters. The van der Waals surface area contributed by atoms with Crippen LogP contribution in [0.2, 0.25) is 0 Å². The Bertz CT molecular complexity index is 569. The lowest BCUT2D eigenvalue weighted by atomic mass is 9.68. The number of rotatable bonds is 8. The van der Waals surface area contributed by atoms with Gasteiger partial charge in [0.15, 0.2) is 0 Å². The van der Waals surface area contributed by atoms with Crippen molar-refractivity contribution in [2.75, 3.05) is 6.61 Å². The van der Waals surface area contributed by atoms with Crippen LogP contribution >= 0.6 is 0 Å². The van der Waals surface area contributed by atoms with Crippen molar-refractivity contribution >= 4 is 0 Å². The topological polar surface area (TPSA) is 9.23 Å². The smallest absolute Gasteiger partial charge is 0.0721 e. The van der Waals surface area contributed by atoms with Crippen LogP contribution in [0.15, 0.2) is 49.1 Å². The third-order valence-electron chi connectivity index (χ3n) is 6.92. The van der Waals surface area contributed by atoms with Crippen molar-refractivity contribution in [1.82, 2.24) is 0 Å². The minimum Gasteiger partial charge on any atom is -0.373 e. The largest absolute Gasteiger partial charge is 0.373 e. The highest BCUT2D eigenvalue weighted by molar-refractivity contribution is 5.25. The van der Waals surface area contributed by atoms with E-state index in [-0.39, 0.29) is 0 Å². The van der Waals surface area contributed by atoms with Crippen LogP contribution < -0.4 is 0 Å². The summed E-state index contributed by atoms with van der Waals surface area (Å²) in [5.41, 5.74) is 2.83. The fraction of sp³-hybridized carbons (Fsp3) is 0.615. The maximum atomic E-state index is 5.71. The standard InChI is InChI=1S/C26H38O/c1-3-5-6-19-27-20-22-9-13-24(14-10-22)26-17-15-25(16-18-26)23-11-7-21(4-2)8-12-23/h4-6,9-10,13-14,21,23,25-26H,2-3,7-8,11-12,15-20H2,1H3/t21-,23-,25-,26-. The van der Waals surface area contributed by atoms with E-state index in [2.05, 4.69) is 56.0 Å². The van der Waals surface area contributed by atoms with Crippen molar-refractivity contribution < 1.29 is 4.74 Å². The Balaban J connectivity index is 1.41. The monoisotopic (exact) mass is 366 g/mol. The Morgan fingerprint density at radius 2 is 1.52 bits per heavy atom. The van der Waals surface area contributed by atoms with Gasteiger partial charge in [-0.1, -0.05) is 49.4 Å². The van der Waals surface area contributed by atoms with Crippen molar-refractivity contribution in [2.45, 2.75) is 77.2 Å². The van der Waals surface area contributed by atoms with Crippen LogP contribution in [-0.2, 0) is 11.3 Å². The Hall–Kier alpha value is -1.34. The highest BCUT2D eigenvalue weighted by Gasteiger charge is 2.30. The molecule has 1 aromatic carbocycles. The molecule has 0 saturated heterocycles. The molecule has 1 heteroatoms. The zero-order valence-electron chi connectivity index (χ0n) is 17.2. The maximum Gasteiger partial charge on any atom is 0.0721 e. The molecule has 1 aromatic rings. The summed E-state index contributed by atoms with van der Waals surface area (Å²) in [5.74, 6) is 3.54. The lowest BCUT2D eigenvalue weighted by Crippen LogP contribution is -2.25. The fourth-order valence-electron chi connectivity index (χ4n) is 5.14. The lowest BCUT2D eigenvalue weighted by Gasteiger charge is -2.37. The molecule has 0 aromatic heterocycles. The SMILES string of the molecule is C=C[C@H]1CC[C@H]([C@H]2CC[C@H](c3ccc(COCC=CCC)cc3)CC2)CC1. The van der Waals surface area contributed by atoms with E-state index >= 15 is 0 Å². The van der Waals surface area contributed by atoms with Crippen LogP contribution in [0.1, 0.15) is 81.8 Å². The summed E-state index contributed by atoms with van der Waals surface area (Å²) in [6, 6.07) is 9.23. The van der Waals surface area contributed by atoms with Gasteiger partial charge in [-0.2, -0.15) is 0 Å². The predicted octanol–water partition coefficient (Wildman–Crippen LogP) is 7.44. The predicted molar refractivity (Wildman–Crippen MR) is 116 cm³/mol. The van der Waals surface area contributed by atoms with E-state index in [1.165, 1.54) is 56.9 Å². The van der Waals surface area contributed by atoms with Crippen molar-refractivity contribution in [2.24, 2.45) is 17.8 Å². The Kier molecular flexibility index (Phi) is 8.20. The summed E-state index contributed by atoms with van der Waals surface area (Å²) in [5, 5.41) is 0. The van der Waals surface area contributed by atoms with E-state index in [4.69, 9.17) is 4.74 Å². The molecule has 2 aliphatic carbocycles. The summed E-state index contributed by atoms with van der Waals surface area (Å²) in [7, 11) is 0. The Labute approximate surface area is 166 Å². The molecule has 148 valence electrons. The van der Waals surface area contributed by atoms with E-state index in [9.17, 15) is 0 Å². The minimum atomic E-state index is 0.717. The molecule has 2 fully saturated rings. The minimum absolute atomic E-state index is 0.717. The molecule has 0 radical (unpaired) electrons.